The fourth-order valence-corrected chi connectivity index (χ4v) is 4.04. The van der Waals surface area contributed by atoms with E-state index in [0.29, 0.717) is 0 Å². The van der Waals surface area contributed by atoms with Crippen LogP contribution in [0.15, 0.2) is 30.3 Å². The van der Waals surface area contributed by atoms with E-state index in [1.807, 2.05) is 0 Å². The molecule has 1 spiro atoms. The molecule has 3 rings (SSSR count). The third kappa shape index (κ3) is 2.14. The lowest BCUT2D eigenvalue weighted by atomic mass is 9.64. The lowest BCUT2D eigenvalue weighted by Gasteiger charge is -2.48. The average molecular weight is 272 g/mol. The normalized spacial score (nSPS) is 33.6. The van der Waals surface area contributed by atoms with Crippen LogP contribution >= 0.6 is 0 Å². The zero-order valence-corrected chi connectivity index (χ0v) is 12.5. The van der Waals surface area contributed by atoms with Crippen molar-refractivity contribution in [2.24, 2.45) is 5.41 Å². The van der Waals surface area contributed by atoms with E-state index in [9.17, 15) is 4.79 Å². The van der Waals surface area contributed by atoms with Crippen LogP contribution in [0.2, 0.25) is 0 Å². The number of nitrogens with one attached hydrogen (secondary N) is 1. The van der Waals surface area contributed by atoms with E-state index in [1.54, 1.807) is 0 Å². The summed E-state index contributed by atoms with van der Waals surface area (Å²) in [5, 5.41) is 3.02. The van der Waals surface area contributed by atoms with Crippen LogP contribution in [-0.2, 0) is 10.3 Å². The van der Waals surface area contributed by atoms with Gasteiger partial charge in [0.05, 0.1) is 0 Å². The zero-order valence-electron chi connectivity index (χ0n) is 12.5. The molecular formula is C17H24N2O. The van der Waals surface area contributed by atoms with Crippen LogP contribution in [0.5, 0.6) is 0 Å². The molecule has 1 N–H and O–H groups in total. The molecule has 1 amide bonds. The molecule has 1 saturated heterocycles. The van der Waals surface area contributed by atoms with Gasteiger partial charge in [-0.3, -0.25) is 9.69 Å². The van der Waals surface area contributed by atoms with E-state index < -0.39 is 0 Å². The van der Waals surface area contributed by atoms with Crippen molar-refractivity contribution in [3.05, 3.63) is 35.9 Å². The quantitative estimate of drug-likeness (QED) is 0.897. The summed E-state index contributed by atoms with van der Waals surface area (Å²) in [5.41, 5.74) is 1.78. The van der Waals surface area contributed by atoms with Crippen molar-refractivity contribution in [3.8, 4) is 0 Å². The fourth-order valence-electron chi connectivity index (χ4n) is 4.04. The standard InChI is InChI=1S/C17H24N2O/c1-19(2)17(14-6-4-3-5-7-14)10-8-16(9-11-17)12-15(20)18-13-16/h3-7H,8-13H2,1-2H3,(H,18,20)/t16-,17+. The third-order valence-corrected chi connectivity index (χ3v) is 5.50. The summed E-state index contributed by atoms with van der Waals surface area (Å²) in [6.07, 6.45) is 5.28. The Kier molecular flexibility index (Phi) is 3.33. The highest BCUT2D eigenvalue weighted by atomic mass is 16.1. The molecule has 1 heterocycles. The number of amides is 1. The Morgan fingerprint density at radius 3 is 2.20 bits per heavy atom. The average Bonchev–Trinajstić information content (AvgIpc) is 2.82. The second-order valence-electron chi connectivity index (χ2n) is 6.75. The molecular weight excluding hydrogens is 248 g/mol. The molecule has 2 fully saturated rings. The minimum absolute atomic E-state index is 0.137. The van der Waals surface area contributed by atoms with E-state index in [2.05, 4.69) is 54.6 Å². The predicted octanol–water partition coefficient (Wildman–Crippen LogP) is 2.52. The van der Waals surface area contributed by atoms with Crippen LogP contribution in [-0.4, -0.2) is 31.4 Å². The van der Waals surface area contributed by atoms with Gasteiger partial charge in [0.25, 0.3) is 0 Å². The molecule has 0 bridgehead atoms. The first kappa shape index (κ1) is 13.6. The minimum Gasteiger partial charge on any atom is -0.356 e. The zero-order chi connectivity index (χ0) is 14.2. The maximum Gasteiger partial charge on any atom is 0.220 e. The number of hydrogen-bond acceptors (Lipinski definition) is 2. The van der Waals surface area contributed by atoms with Crippen molar-refractivity contribution < 1.29 is 4.79 Å². The summed E-state index contributed by atoms with van der Waals surface area (Å²) in [4.78, 5) is 13.9. The minimum atomic E-state index is 0.137. The van der Waals surface area contributed by atoms with Crippen LogP contribution in [0.4, 0.5) is 0 Å². The molecule has 1 aliphatic carbocycles. The van der Waals surface area contributed by atoms with Crippen molar-refractivity contribution in [2.45, 2.75) is 37.6 Å². The molecule has 0 atom stereocenters. The van der Waals surface area contributed by atoms with Crippen LogP contribution in [0.1, 0.15) is 37.7 Å². The molecule has 1 aromatic rings. The van der Waals surface area contributed by atoms with Crippen molar-refractivity contribution in [1.82, 2.24) is 10.2 Å². The molecule has 0 aromatic heterocycles. The number of carbonyl (C=O) groups excluding carboxylic acids is 1. The molecule has 1 aromatic carbocycles. The first-order chi connectivity index (χ1) is 9.56. The highest BCUT2D eigenvalue weighted by Crippen LogP contribution is 2.50. The van der Waals surface area contributed by atoms with Gasteiger partial charge in [-0.15, -0.1) is 0 Å². The summed E-state index contributed by atoms with van der Waals surface area (Å²) in [5.74, 6) is 0.238. The number of hydrogen-bond donors (Lipinski definition) is 1. The second kappa shape index (κ2) is 4.88. The summed E-state index contributed by atoms with van der Waals surface area (Å²) in [6, 6.07) is 10.8. The van der Waals surface area contributed by atoms with Gasteiger partial charge < -0.3 is 5.32 Å². The van der Waals surface area contributed by atoms with Crippen molar-refractivity contribution in [3.63, 3.8) is 0 Å². The molecule has 0 radical (unpaired) electrons. The maximum atomic E-state index is 11.6. The van der Waals surface area contributed by atoms with Gasteiger partial charge in [0.2, 0.25) is 5.91 Å². The number of benzene rings is 1. The van der Waals surface area contributed by atoms with Crippen molar-refractivity contribution in [1.29, 1.82) is 0 Å². The van der Waals surface area contributed by atoms with Crippen molar-refractivity contribution in [2.75, 3.05) is 20.6 Å². The maximum absolute atomic E-state index is 11.6. The van der Waals surface area contributed by atoms with Gasteiger partial charge in [-0.1, -0.05) is 30.3 Å². The van der Waals surface area contributed by atoms with Gasteiger partial charge in [0.1, 0.15) is 0 Å². The smallest absolute Gasteiger partial charge is 0.220 e. The lowest BCUT2D eigenvalue weighted by Crippen LogP contribution is -2.47. The van der Waals surface area contributed by atoms with E-state index in [1.165, 1.54) is 5.56 Å². The third-order valence-electron chi connectivity index (χ3n) is 5.50. The summed E-state index contributed by atoms with van der Waals surface area (Å²) < 4.78 is 0. The van der Waals surface area contributed by atoms with Crippen LogP contribution in [0.3, 0.4) is 0 Å². The molecule has 3 nitrogen and oxygen atoms in total. The second-order valence-corrected chi connectivity index (χ2v) is 6.75. The van der Waals surface area contributed by atoms with Gasteiger partial charge in [-0.25, -0.2) is 0 Å². The predicted molar refractivity (Wildman–Crippen MR) is 80.3 cm³/mol. The van der Waals surface area contributed by atoms with E-state index in [0.717, 1.165) is 38.6 Å². The Bertz CT molecular complexity index is 487. The molecule has 20 heavy (non-hydrogen) atoms. The highest BCUT2D eigenvalue weighted by molar-refractivity contribution is 5.79. The first-order valence-electron chi connectivity index (χ1n) is 7.56. The van der Waals surface area contributed by atoms with Gasteiger partial charge in [-0.05, 0) is 50.8 Å². The van der Waals surface area contributed by atoms with Crippen LogP contribution < -0.4 is 5.32 Å². The fraction of sp³-hybridized carbons (Fsp3) is 0.588. The monoisotopic (exact) mass is 272 g/mol. The molecule has 3 heteroatoms. The highest BCUT2D eigenvalue weighted by Gasteiger charge is 2.47. The molecule has 2 aliphatic rings. The number of nitrogens with zero attached hydrogens (tertiary/aromatic N) is 1. The Morgan fingerprint density at radius 2 is 1.70 bits per heavy atom. The van der Waals surface area contributed by atoms with Gasteiger partial charge >= 0.3 is 0 Å². The topological polar surface area (TPSA) is 32.3 Å². The van der Waals surface area contributed by atoms with E-state index in [4.69, 9.17) is 0 Å². The van der Waals surface area contributed by atoms with E-state index >= 15 is 0 Å². The van der Waals surface area contributed by atoms with Gasteiger partial charge in [0, 0.05) is 18.5 Å². The Hall–Kier alpha value is -1.35. The Labute approximate surface area is 121 Å². The Morgan fingerprint density at radius 1 is 1.05 bits per heavy atom. The summed E-state index contributed by atoms with van der Waals surface area (Å²) in [6.45, 7) is 0.879. The largest absolute Gasteiger partial charge is 0.356 e. The first-order valence-corrected chi connectivity index (χ1v) is 7.56. The summed E-state index contributed by atoms with van der Waals surface area (Å²) >= 11 is 0. The number of rotatable bonds is 2. The molecule has 108 valence electrons. The Balaban J connectivity index is 1.84. The van der Waals surface area contributed by atoms with Gasteiger partial charge in [-0.2, -0.15) is 0 Å². The number of carbonyl (C=O) groups is 1. The molecule has 1 aliphatic heterocycles. The SMILES string of the molecule is CN(C)[C@]1(c2ccccc2)CC[C@@]2(CC1)CNC(=O)C2. The summed E-state index contributed by atoms with van der Waals surface area (Å²) in [7, 11) is 4.37. The van der Waals surface area contributed by atoms with Crippen LogP contribution in [0, 0.1) is 5.41 Å². The lowest BCUT2D eigenvalue weighted by molar-refractivity contribution is -0.120. The molecule has 0 unspecified atom stereocenters. The van der Waals surface area contributed by atoms with Crippen molar-refractivity contribution >= 4 is 5.91 Å². The van der Waals surface area contributed by atoms with Crippen LogP contribution in [0.25, 0.3) is 0 Å². The molecule has 1 saturated carbocycles. The van der Waals surface area contributed by atoms with E-state index in [-0.39, 0.29) is 16.9 Å². The van der Waals surface area contributed by atoms with Gasteiger partial charge in [0.15, 0.2) is 0 Å².